The van der Waals surface area contributed by atoms with Gasteiger partial charge >= 0.3 is 5.69 Å². The molecule has 5 heterocycles. The van der Waals surface area contributed by atoms with Gasteiger partial charge in [0.1, 0.15) is 12.2 Å². The summed E-state index contributed by atoms with van der Waals surface area (Å²) in [5.74, 6) is -0.672. The highest BCUT2D eigenvalue weighted by atomic mass is 19.1. The summed E-state index contributed by atoms with van der Waals surface area (Å²) < 4.78 is 19.6. The highest BCUT2D eigenvalue weighted by Crippen LogP contribution is 2.28. The van der Waals surface area contributed by atoms with Gasteiger partial charge in [-0.15, -0.1) is 0 Å². The van der Waals surface area contributed by atoms with Crippen LogP contribution in [0.5, 0.6) is 0 Å². The Bertz CT molecular complexity index is 2230. The molecule has 48 heavy (non-hydrogen) atoms. The topological polar surface area (TPSA) is 149 Å². The second kappa shape index (κ2) is 12.2. The first-order valence-electron chi connectivity index (χ1n) is 16.0. The van der Waals surface area contributed by atoms with Crippen molar-refractivity contribution in [1.29, 1.82) is 0 Å². The fourth-order valence-corrected chi connectivity index (χ4v) is 6.35. The molecule has 2 aliphatic rings. The molecule has 1 saturated heterocycles. The summed E-state index contributed by atoms with van der Waals surface area (Å²) in [7, 11) is 3.46. The Hall–Kier alpha value is -5.53. The van der Waals surface area contributed by atoms with Crippen LogP contribution in [0.25, 0.3) is 27.9 Å². The van der Waals surface area contributed by atoms with Gasteiger partial charge in [0.25, 0.3) is 11.5 Å². The Morgan fingerprint density at radius 1 is 1.12 bits per heavy atom. The number of unbranched alkanes of at least 4 members (excludes halogenated alkanes) is 1. The maximum atomic E-state index is 13.4. The number of hydrogen-bond acceptors (Lipinski definition) is 7. The molecule has 1 aliphatic heterocycles. The Morgan fingerprint density at radius 2 is 1.94 bits per heavy atom. The van der Waals surface area contributed by atoms with Gasteiger partial charge in [-0.1, -0.05) is 12.6 Å². The molecule has 2 amide bonds. The van der Waals surface area contributed by atoms with E-state index >= 15 is 0 Å². The van der Waals surface area contributed by atoms with Gasteiger partial charge in [0.05, 0.1) is 34.7 Å². The number of allylic oxidation sites excluding steroid dienone is 1. The summed E-state index contributed by atoms with van der Waals surface area (Å²) in [6.45, 7) is 4.32. The average Bonchev–Trinajstić information content (AvgIpc) is 3.49. The van der Waals surface area contributed by atoms with Crippen LogP contribution in [0.2, 0.25) is 0 Å². The number of aromatic nitrogens is 6. The van der Waals surface area contributed by atoms with Crippen molar-refractivity contribution in [2.24, 2.45) is 7.05 Å². The van der Waals surface area contributed by atoms with Crippen molar-refractivity contribution in [2.45, 2.75) is 63.3 Å². The highest BCUT2D eigenvalue weighted by Gasteiger charge is 2.39. The number of hydrogen-bond donors (Lipinski definition) is 3. The van der Waals surface area contributed by atoms with Crippen molar-refractivity contribution in [3.8, 4) is 11.3 Å². The number of aryl methyl sites for hydroxylation is 3. The summed E-state index contributed by atoms with van der Waals surface area (Å²) in [4.78, 5) is 55.7. The van der Waals surface area contributed by atoms with Crippen LogP contribution in [0, 0.1) is 0 Å². The molecule has 0 bridgehead atoms. The zero-order valence-corrected chi connectivity index (χ0v) is 26.7. The fraction of sp³-hybridized carbons (Fsp3) is 0.353. The number of pyridine rings is 1. The van der Waals surface area contributed by atoms with Gasteiger partial charge in [0, 0.05) is 50.6 Å². The van der Waals surface area contributed by atoms with Gasteiger partial charge in [-0.3, -0.25) is 23.5 Å². The molecule has 7 rings (SSSR count). The van der Waals surface area contributed by atoms with Crippen LogP contribution in [0.3, 0.4) is 0 Å². The third-order valence-corrected chi connectivity index (χ3v) is 9.18. The molecule has 1 saturated carbocycles. The van der Waals surface area contributed by atoms with Crippen LogP contribution in [0.15, 0.2) is 70.7 Å². The molecule has 3 atom stereocenters. The minimum atomic E-state index is -1.03. The summed E-state index contributed by atoms with van der Waals surface area (Å²) in [6.07, 6.45) is 5.86. The monoisotopic (exact) mass is 653 g/mol. The number of carbonyl (C=O) groups excluding carboxylic acids is 2. The molecule has 2 fully saturated rings. The summed E-state index contributed by atoms with van der Waals surface area (Å²) in [6, 6.07) is 9.81. The lowest BCUT2D eigenvalue weighted by Crippen LogP contribution is -2.40. The van der Waals surface area contributed by atoms with Crippen LogP contribution < -0.4 is 27.2 Å². The first-order chi connectivity index (χ1) is 23.1. The van der Waals surface area contributed by atoms with Crippen molar-refractivity contribution in [3.05, 3.63) is 93.2 Å². The number of rotatable bonds is 10. The van der Waals surface area contributed by atoms with Crippen LogP contribution in [-0.2, 0) is 24.8 Å². The van der Waals surface area contributed by atoms with Gasteiger partial charge in [-0.25, -0.2) is 18.7 Å². The summed E-state index contributed by atoms with van der Waals surface area (Å²) in [5, 5.41) is 13.2. The lowest BCUT2D eigenvalue weighted by atomic mass is 10.0. The number of halogens is 1. The van der Waals surface area contributed by atoms with Crippen molar-refractivity contribution >= 4 is 34.2 Å². The van der Waals surface area contributed by atoms with E-state index in [1.54, 1.807) is 46.1 Å². The van der Waals surface area contributed by atoms with Crippen molar-refractivity contribution < 1.29 is 14.0 Å². The maximum Gasteiger partial charge on any atom is 0.329 e. The number of alkyl halides is 1. The van der Waals surface area contributed by atoms with Crippen molar-refractivity contribution in [1.82, 2.24) is 38.9 Å². The normalized spacial score (nSPS) is 19.1. The van der Waals surface area contributed by atoms with Gasteiger partial charge in [0.2, 0.25) is 5.91 Å². The van der Waals surface area contributed by atoms with Crippen molar-refractivity contribution in [2.75, 3.05) is 12.4 Å². The number of imidazole rings is 2. The first kappa shape index (κ1) is 31.1. The molecule has 1 aliphatic carbocycles. The minimum absolute atomic E-state index is 0.144. The van der Waals surface area contributed by atoms with E-state index in [0.717, 1.165) is 35.9 Å². The van der Waals surface area contributed by atoms with E-state index in [1.165, 1.54) is 16.8 Å². The van der Waals surface area contributed by atoms with Crippen molar-refractivity contribution in [3.63, 3.8) is 0 Å². The average molecular weight is 654 g/mol. The fourth-order valence-electron chi connectivity index (χ4n) is 6.35. The molecule has 5 aromatic rings. The molecule has 3 N–H and O–H groups in total. The molecule has 1 aromatic carbocycles. The smallest absolute Gasteiger partial charge is 0.329 e. The number of nitrogens with one attached hydrogen (secondary N) is 3. The number of fused-ring (bicyclic) bond motifs is 2. The van der Waals surface area contributed by atoms with E-state index < -0.39 is 24.2 Å². The van der Waals surface area contributed by atoms with E-state index in [2.05, 4.69) is 32.6 Å². The van der Waals surface area contributed by atoms with E-state index in [4.69, 9.17) is 0 Å². The van der Waals surface area contributed by atoms with E-state index in [-0.39, 0.29) is 22.9 Å². The zero-order valence-electron chi connectivity index (χ0n) is 26.7. The predicted octanol–water partition coefficient (Wildman–Crippen LogP) is 3.08. The van der Waals surface area contributed by atoms with Crippen LogP contribution in [0.4, 0.5) is 10.1 Å². The minimum Gasteiger partial charge on any atom is -0.385 e. The number of benzene rings is 1. The Balaban J connectivity index is 1.06. The van der Waals surface area contributed by atoms with Crippen LogP contribution in [0.1, 0.15) is 54.2 Å². The second-order valence-electron chi connectivity index (χ2n) is 12.5. The lowest BCUT2D eigenvalue weighted by molar-refractivity contribution is -0.124. The number of amides is 2. The molecule has 14 heteroatoms. The number of piperidine rings is 1. The number of nitrogens with zero attached hydrogens (tertiary/aromatic N) is 6. The molecular formula is C34H36FN9O4. The Morgan fingerprint density at radius 3 is 2.69 bits per heavy atom. The molecule has 248 valence electrons. The largest absolute Gasteiger partial charge is 0.385 e. The number of carbonyl (C=O) groups is 2. The van der Waals surface area contributed by atoms with Gasteiger partial charge in [-0.2, -0.15) is 5.10 Å². The Labute approximate surface area is 274 Å². The quantitative estimate of drug-likeness (QED) is 0.196. The van der Waals surface area contributed by atoms with Gasteiger partial charge in [-0.05, 0) is 61.9 Å². The van der Waals surface area contributed by atoms with E-state index in [1.807, 2.05) is 18.2 Å². The van der Waals surface area contributed by atoms with Crippen LogP contribution in [-0.4, -0.2) is 59.4 Å². The standard InChI is InChI=1S/C34H36FN9O4/c1-19-7-10-27(32(46)38-19)43-26-11-8-20(14-28(26)41(3)34(43)48)6-4-5-13-42-18-21(9-12-30(42)45)23-16-25(36-2)31-37-17-29(44(31)40-23)33(47)39-24-15-22(24)35/h8-9,11-12,14,16-18,22,24,27,36H,1,4-7,10,13,15H2,2-3H3,(H,38,46)(H,39,47)/t22-,24+,27?/m0/s1. The molecule has 4 aromatic heterocycles. The van der Waals surface area contributed by atoms with Gasteiger partial charge < -0.3 is 20.5 Å². The third-order valence-electron chi connectivity index (χ3n) is 9.18. The summed E-state index contributed by atoms with van der Waals surface area (Å²) >= 11 is 0. The SMILES string of the molecule is C=C1CCC(n2c(=O)n(C)c3cc(CCCCn4cc(-c5cc(NC)c6ncc(C(=O)N[C@@H]7C[C@@H]7F)n6n5)ccc4=O)ccc32)C(=O)N1. The zero-order chi connectivity index (χ0) is 33.7. The van der Waals surface area contributed by atoms with Crippen LogP contribution >= 0.6 is 0 Å². The Kier molecular flexibility index (Phi) is 7.93. The maximum absolute atomic E-state index is 13.4. The predicted molar refractivity (Wildman–Crippen MR) is 179 cm³/mol. The summed E-state index contributed by atoms with van der Waals surface area (Å²) in [5.41, 5.74) is 5.33. The number of anilines is 1. The molecule has 13 nitrogen and oxygen atoms in total. The first-order valence-corrected chi connectivity index (χ1v) is 16.0. The highest BCUT2D eigenvalue weighted by molar-refractivity contribution is 5.94. The molecule has 0 spiro atoms. The van der Waals surface area contributed by atoms with E-state index in [0.29, 0.717) is 54.1 Å². The van der Waals surface area contributed by atoms with E-state index in [9.17, 15) is 23.6 Å². The second-order valence-corrected chi connectivity index (χ2v) is 12.5. The third kappa shape index (κ3) is 5.67. The lowest BCUT2D eigenvalue weighted by Gasteiger charge is -2.24. The molecular weight excluding hydrogens is 617 g/mol. The van der Waals surface area contributed by atoms with Gasteiger partial charge in [0.15, 0.2) is 11.3 Å². The molecule has 0 radical (unpaired) electrons. The molecule has 1 unspecified atom stereocenters.